The molecule has 3 aromatic rings. The molecule has 34 heavy (non-hydrogen) atoms. The van der Waals surface area contributed by atoms with Gasteiger partial charge in [0.25, 0.3) is 5.91 Å². The summed E-state index contributed by atoms with van der Waals surface area (Å²) in [5, 5.41) is 4.99. The summed E-state index contributed by atoms with van der Waals surface area (Å²) in [5.74, 6) is 0.533. The van der Waals surface area contributed by atoms with Gasteiger partial charge in [-0.25, -0.2) is 0 Å². The van der Waals surface area contributed by atoms with E-state index in [2.05, 4.69) is 32.2 Å². The predicted molar refractivity (Wildman–Crippen MR) is 138 cm³/mol. The monoisotopic (exact) mass is 476 g/mol. The second-order valence-electron chi connectivity index (χ2n) is 9.76. The SMILES string of the molecule is O=C(NCC1CCCN(C2CCN(Cc3ccc(Cl)cc3)CC2)C1)c1ccc2ncccc2c1. The molecule has 2 saturated heterocycles. The van der Waals surface area contributed by atoms with Gasteiger partial charge in [-0.3, -0.25) is 19.6 Å². The Balaban J connectivity index is 1.09. The third kappa shape index (κ3) is 5.77. The van der Waals surface area contributed by atoms with E-state index >= 15 is 0 Å². The van der Waals surface area contributed by atoms with Crippen LogP contribution in [0.4, 0.5) is 0 Å². The smallest absolute Gasteiger partial charge is 0.251 e. The third-order valence-corrected chi connectivity index (χ3v) is 7.61. The zero-order valence-corrected chi connectivity index (χ0v) is 20.4. The van der Waals surface area contributed by atoms with E-state index in [9.17, 15) is 4.79 Å². The summed E-state index contributed by atoms with van der Waals surface area (Å²) >= 11 is 6.02. The molecule has 0 spiro atoms. The highest BCUT2D eigenvalue weighted by atomic mass is 35.5. The van der Waals surface area contributed by atoms with Crippen LogP contribution in [0.1, 0.15) is 41.6 Å². The van der Waals surface area contributed by atoms with Gasteiger partial charge in [0.05, 0.1) is 5.52 Å². The Hall–Kier alpha value is -2.47. The van der Waals surface area contributed by atoms with Gasteiger partial charge < -0.3 is 5.32 Å². The molecular formula is C28H33ClN4O. The number of aromatic nitrogens is 1. The van der Waals surface area contributed by atoms with Crippen molar-refractivity contribution in [1.82, 2.24) is 20.1 Å². The van der Waals surface area contributed by atoms with Crippen LogP contribution in [0.2, 0.25) is 5.02 Å². The van der Waals surface area contributed by atoms with E-state index in [0.29, 0.717) is 17.5 Å². The molecule has 1 N–H and O–H groups in total. The lowest BCUT2D eigenvalue weighted by Gasteiger charge is -2.42. The van der Waals surface area contributed by atoms with E-state index < -0.39 is 0 Å². The number of carbonyl (C=O) groups is 1. The number of hydrogen-bond acceptors (Lipinski definition) is 4. The standard InChI is InChI=1S/C28H33ClN4O/c29-25-8-5-21(6-9-25)19-32-15-11-26(12-16-32)33-14-2-3-22(20-33)18-31-28(34)24-7-10-27-23(17-24)4-1-13-30-27/h1,4-10,13,17,22,26H,2-3,11-12,14-16,18-20H2,(H,31,34). The molecule has 0 bridgehead atoms. The summed E-state index contributed by atoms with van der Waals surface area (Å²) in [6, 6.07) is 18.5. The number of amides is 1. The van der Waals surface area contributed by atoms with Gasteiger partial charge in [0.1, 0.15) is 0 Å². The number of fused-ring (bicyclic) bond motifs is 1. The Morgan fingerprint density at radius 1 is 1.03 bits per heavy atom. The molecule has 1 unspecified atom stereocenters. The number of halogens is 1. The number of hydrogen-bond donors (Lipinski definition) is 1. The molecular weight excluding hydrogens is 444 g/mol. The first-order valence-corrected chi connectivity index (χ1v) is 12.9. The number of nitrogens with one attached hydrogen (secondary N) is 1. The highest BCUT2D eigenvalue weighted by Crippen LogP contribution is 2.25. The Labute approximate surface area is 207 Å². The lowest BCUT2D eigenvalue weighted by Crippen LogP contribution is -2.49. The summed E-state index contributed by atoms with van der Waals surface area (Å²) in [4.78, 5) is 22.3. The van der Waals surface area contributed by atoms with Gasteiger partial charge in [0.15, 0.2) is 0 Å². The lowest BCUT2D eigenvalue weighted by molar-refractivity contribution is 0.0675. The second-order valence-corrected chi connectivity index (χ2v) is 10.2. The van der Waals surface area contributed by atoms with E-state index in [1.165, 1.54) is 37.8 Å². The van der Waals surface area contributed by atoms with E-state index in [-0.39, 0.29) is 5.91 Å². The predicted octanol–water partition coefficient (Wildman–Crippen LogP) is 4.99. The van der Waals surface area contributed by atoms with Crippen LogP contribution in [0.3, 0.4) is 0 Å². The summed E-state index contributed by atoms with van der Waals surface area (Å²) in [7, 11) is 0. The fraction of sp³-hybridized carbons (Fsp3) is 0.429. The van der Waals surface area contributed by atoms with Crippen molar-refractivity contribution in [2.75, 3.05) is 32.7 Å². The van der Waals surface area contributed by atoms with Crippen molar-refractivity contribution >= 4 is 28.4 Å². The molecule has 3 heterocycles. The average molecular weight is 477 g/mol. The van der Waals surface area contributed by atoms with E-state index in [4.69, 9.17) is 11.6 Å². The molecule has 6 heteroatoms. The van der Waals surface area contributed by atoms with E-state index in [1.807, 2.05) is 42.5 Å². The van der Waals surface area contributed by atoms with Crippen molar-refractivity contribution in [2.45, 2.75) is 38.3 Å². The summed E-state index contributed by atoms with van der Waals surface area (Å²) in [6.45, 7) is 6.30. The Morgan fingerprint density at radius 2 is 1.85 bits per heavy atom. The van der Waals surface area contributed by atoms with Crippen molar-refractivity contribution in [3.8, 4) is 0 Å². The Bertz CT molecular complexity index is 1110. The fourth-order valence-electron chi connectivity index (χ4n) is 5.44. The largest absolute Gasteiger partial charge is 0.352 e. The number of benzene rings is 2. The van der Waals surface area contributed by atoms with Gasteiger partial charge >= 0.3 is 0 Å². The zero-order chi connectivity index (χ0) is 23.3. The quantitative estimate of drug-likeness (QED) is 0.544. The second kappa shape index (κ2) is 10.9. The van der Waals surface area contributed by atoms with Crippen LogP contribution in [0.5, 0.6) is 0 Å². The molecule has 5 nitrogen and oxygen atoms in total. The summed E-state index contributed by atoms with van der Waals surface area (Å²) in [6.07, 6.45) is 6.62. The van der Waals surface area contributed by atoms with E-state index in [0.717, 1.165) is 48.6 Å². The molecule has 178 valence electrons. The molecule has 0 radical (unpaired) electrons. The van der Waals surface area contributed by atoms with E-state index in [1.54, 1.807) is 6.20 Å². The van der Waals surface area contributed by atoms with Crippen molar-refractivity contribution in [3.05, 3.63) is 76.9 Å². The molecule has 2 aliphatic rings. The molecule has 0 aliphatic carbocycles. The number of rotatable bonds is 6. The molecule has 2 aliphatic heterocycles. The van der Waals surface area contributed by atoms with Crippen molar-refractivity contribution in [1.29, 1.82) is 0 Å². The number of pyridine rings is 1. The number of piperidine rings is 2. The molecule has 2 aromatic carbocycles. The molecule has 1 amide bonds. The molecule has 1 aromatic heterocycles. The molecule has 1 atom stereocenters. The first-order valence-electron chi connectivity index (χ1n) is 12.5. The van der Waals surface area contributed by atoms with Gasteiger partial charge in [-0.1, -0.05) is 29.8 Å². The Morgan fingerprint density at radius 3 is 2.68 bits per heavy atom. The van der Waals surface area contributed by atoms with Crippen LogP contribution < -0.4 is 5.32 Å². The van der Waals surface area contributed by atoms with Crippen LogP contribution in [-0.2, 0) is 6.54 Å². The van der Waals surface area contributed by atoms with Crippen molar-refractivity contribution in [3.63, 3.8) is 0 Å². The highest BCUT2D eigenvalue weighted by molar-refractivity contribution is 6.30. The number of likely N-dealkylation sites (tertiary alicyclic amines) is 2. The molecule has 5 rings (SSSR count). The van der Waals surface area contributed by atoms with Gasteiger partial charge in [-0.05, 0) is 93.2 Å². The summed E-state index contributed by atoms with van der Waals surface area (Å²) in [5.41, 5.74) is 2.96. The maximum atomic E-state index is 12.8. The minimum atomic E-state index is 0.0124. The van der Waals surface area contributed by atoms with Gasteiger partial charge in [-0.15, -0.1) is 0 Å². The first kappa shape index (κ1) is 23.3. The van der Waals surface area contributed by atoms with Crippen molar-refractivity contribution in [2.24, 2.45) is 5.92 Å². The van der Waals surface area contributed by atoms with Gasteiger partial charge in [-0.2, -0.15) is 0 Å². The van der Waals surface area contributed by atoms with Crippen LogP contribution in [-0.4, -0.2) is 59.5 Å². The third-order valence-electron chi connectivity index (χ3n) is 7.36. The maximum Gasteiger partial charge on any atom is 0.251 e. The van der Waals surface area contributed by atoms with Crippen molar-refractivity contribution < 1.29 is 4.79 Å². The first-order chi connectivity index (χ1) is 16.6. The molecule has 2 fully saturated rings. The zero-order valence-electron chi connectivity index (χ0n) is 19.6. The number of nitrogens with zero attached hydrogens (tertiary/aromatic N) is 3. The topological polar surface area (TPSA) is 48.5 Å². The summed E-state index contributed by atoms with van der Waals surface area (Å²) < 4.78 is 0. The van der Waals surface area contributed by atoms with Crippen LogP contribution >= 0.6 is 11.6 Å². The molecule has 0 saturated carbocycles. The fourth-order valence-corrected chi connectivity index (χ4v) is 5.57. The normalized spacial score (nSPS) is 20.4. The van der Waals surface area contributed by atoms with Crippen LogP contribution in [0.25, 0.3) is 10.9 Å². The highest BCUT2D eigenvalue weighted by Gasteiger charge is 2.29. The van der Waals surface area contributed by atoms with Gasteiger partial charge in [0.2, 0.25) is 0 Å². The minimum absolute atomic E-state index is 0.0124. The Kier molecular flexibility index (Phi) is 7.43. The number of carbonyl (C=O) groups excluding carboxylic acids is 1. The van der Waals surface area contributed by atoms with Gasteiger partial charge in [0, 0.05) is 47.8 Å². The van der Waals surface area contributed by atoms with Crippen LogP contribution in [0, 0.1) is 5.92 Å². The average Bonchev–Trinajstić information content (AvgIpc) is 2.89. The minimum Gasteiger partial charge on any atom is -0.352 e. The van der Waals surface area contributed by atoms with Crippen LogP contribution in [0.15, 0.2) is 60.8 Å². The maximum absolute atomic E-state index is 12.8. The lowest BCUT2D eigenvalue weighted by atomic mass is 9.93.